The fourth-order valence-corrected chi connectivity index (χ4v) is 6.03. The lowest BCUT2D eigenvalue weighted by molar-refractivity contribution is 0.0113. The molecular weight excluding hydrogens is 291 g/mol. The van der Waals surface area contributed by atoms with Crippen molar-refractivity contribution in [2.75, 3.05) is 7.11 Å². The number of benzene rings is 1. The molecular formula is C16H21FO3S. The number of hydrogen-bond acceptors (Lipinski definition) is 3. The van der Waals surface area contributed by atoms with Crippen LogP contribution in [0.3, 0.4) is 0 Å². The molecule has 2 saturated heterocycles. The number of halogens is 1. The van der Waals surface area contributed by atoms with Crippen LogP contribution in [0.5, 0.6) is 5.75 Å². The molecule has 2 atom stereocenters. The SMILES string of the molecule is COc1cc(F)cc(CC2(O)CC3CCCC(C2)S3=O)c1. The van der Waals surface area contributed by atoms with E-state index in [0.717, 1.165) is 24.8 Å². The minimum absolute atomic E-state index is 0.0953. The normalized spacial score (nSPS) is 35.5. The maximum atomic E-state index is 13.6. The van der Waals surface area contributed by atoms with Crippen LogP contribution in [-0.4, -0.2) is 32.5 Å². The van der Waals surface area contributed by atoms with Gasteiger partial charge in [0.1, 0.15) is 11.6 Å². The molecule has 1 aromatic carbocycles. The van der Waals surface area contributed by atoms with E-state index in [1.165, 1.54) is 19.2 Å². The second-order valence-corrected chi connectivity index (χ2v) is 8.30. The van der Waals surface area contributed by atoms with Gasteiger partial charge in [0.15, 0.2) is 0 Å². The third-order valence-electron chi connectivity index (χ3n) is 4.62. The molecule has 3 rings (SSSR count). The molecule has 0 spiro atoms. The van der Waals surface area contributed by atoms with Crippen molar-refractivity contribution in [3.8, 4) is 5.75 Å². The first-order chi connectivity index (χ1) is 9.99. The quantitative estimate of drug-likeness (QED) is 0.933. The summed E-state index contributed by atoms with van der Waals surface area (Å²) in [7, 11) is 0.692. The Kier molecular flexibility index (Phi) is 4.06. The van der Waals surface area contributed by atoms with Crippen LogP contribution in [0.2, 0.25) is 0 Å². The van der Waals surface area contributed by atoms with Gasteiger partial charge in [-0.15, -0.1) is 0 Å². The third-order valence-corrected chi connectivity index (χ3v) is 6.74. The van der Waals surface area contributed by atoms with Crippen molar-refractivity contribution in [2.24, 2.45) is 0 Å². The molecule has 1 N–H and O–H groups in total. The summed E-state index contributed by atoms with van der Waals surface area (Å²) in [4.78, 5) is 0. The van der Waals surface area contributed by atoms with Crippen LogP contribution in [0, 0.1) is 5.82 Å². The maximum Gasteiger partial charge on any atom is 0.127 e. The number of aliphatic hydroxyl groups is 1. The van der Waals surface area contributed by atoms with E-state index >= 15 is 0 Å². The first kappa shape index (κ1) is 15.0. The van der Waals surface area contributed by atoms with E-state index in [1.54, 1.807) is 6.07 Å². The van der Waals surface area contributed by atoms with Gasteiger partial charge >= 0.3 is 0 Å². The van der Waals surface area contributed by atoms with Crippen molar-refractivity contribution in [1.29, 1.82) is 0 Å². The largest absolute Gasteiger partial charge is 0.497 e. The molecule has 0 saturated carbocycles. The molecule has 116 valence electrons. The van der Waals surface area contributed by atoms with Crippen molar-refractivity contribution < 1.29 is 18.4 Å². The summed E-state index contributed by atoms with van der Waals surface area (Å²) in [5.41, 5.74) is -0.136. The molecule has 2 bridgehead atoms. The zero-order valence-electron chi connectivity index (χ0n) is 12.2. The smallest absolute Gasteiger partial charge is 0.127 e. The summed E-state index contributed by atoms with van der Waals surface area (Å²) in [5.74, 6) is 0.112. The molecule has 5 heteroatoms. The molecule has 3 nitrogen and oxygen atoms in total. The monoisotopic (exact) mass is 312 g/mol. The Labute approximate surface area is 127 Å². The molecule has 2 unspecified atom stereocenters. The van der Waals surface area contributed by atoms with Gasteiger partial charge in [0.25, 0.3) is 0 Å². The Balaban J connectivity index is 1.80. The highest BCUT2D eigenvalue weighted by atomic mass is 32.2. The molecule has 0 aliphatic carbocycles. The van der Waals surface area contributed by atoms with Gasteiger partial charge in [0.05, 0.1) is 12.7 Å². The van der Waals surface area contributed by atoms with E-state index in [4.69, 9.17) is 4.74 Å². The van der Waals surface area contributed by atoms with Crippen LogP contribution in [0.4, 0.5) is 4.39 Å². The van der Waals surface area contributed by atoms with Crippen molar-refractivity contribution in [3.05, 3.63) is 29.6 Å². The fourth-order valence-electron chi connectivity index (χ4n) is 3.74. The lowest BCUT2D eigenvalue weighted by atomic mass is 9.81. The van der Waals surface area contributed by atoms with Gasteiger partial charge in [-0.1, -0.05) is 6.42 Å². The van der Waals surface area contributed by atoms with Crippen LogP contribution in [-0.2, 0) is 17.2 Å². The topological polar surface area (TPSA) is 46.5 Å². The van der Waals surface area contributed by atoms with E-state index in [1.807, 2.05) is 0 Å². The molecule has 0 radical (unpaired) electrons. The van der Waals surface area contributed by atoms with Gasteiger partial charge < -0.3 is 9.84 Å². The van der Waals surface area contributed by atoms with Gasteiger partial charge in [0, 0.05) is 33.8 Å². The first-order valence-electron chi connectivity index (χ1n) is 7.44. The van der Waals surface area contributed by atoms with Crippen molar-refractivity contribution >= 4 is 10.8 Å². The van der Waals surface area contributed by atoms with E-state index in [2.05, 4.69) is 0 Å². The average molecular weight is 312 g/mol. The van der Waals surface area contributed by atoms with Crippen molar-refractivity contribution in [1.82, 2.24) is 0 Å². The summed E-state index contributed by atoms with van der Waals surface area (Å²) in [6, 6.07) is 4.54. The summed E-state index contributed by atoms with van der Waals surface area (Å²) in [5, 5.41) is 11.1. The van der Waals surface area contributed by atoms with Gasteiger partial charge in [-0.25, -0.2) is 4.39 Å². The van der Waals surface area contributed by atoms with Crippen LogP contribution < -0.4 is 4.74 Å². The third kappa shape index (κ3) is 3.14. The second kappa shape index (κ2) is 5.69. The Bertz CT molecular complexity index is 544. The van der Waals surface area contributed by atoms with Crippen LogP contribution >= 0.6 is 0 Å². The molecule has 0 amide bonds. The number of ether oxygens (including phenoxy) is 1. The highest BCUT2D eigenvalue weighted by Crippen LogP contribution is 2.41. The van der Waals surface area contributed by atoms with Gasteiger partial charge in [-0.3, -0.25) is 4.21 Å². The van der Waals surface area contributed by atoms with Gasteiger partial charge in [0.2, 0.25) is 0 Å². The minimum atomic E-state index is -0.873. The highest BCUT2D eigenvalue weighted by molar-refractivity contribution is 7.86. The Morgan fingerprint density at radius 3 is 2.62 bits per heavy atom. The van der Waals surface area contributed by atoms with Crippen LogP contribution in [0.1, 0.15) is 37.7 Å². The van der Waals surface area contributed by atoms with E-state index in [0.29, 0.717) is 25.0 Å². The lowest BCUT2D eigenvalue weighted by Gasteiger charge is -2.43. The van der Waals surface area contributed by atoms with Crippen molar-refractivity contribution in [3.63, 3.8) is 0 Å². The second-order valence-electron chi connectivity index (χ2n) is 6.31. The zero-order chi connectivity index (χ0) is 15.0. The molecule has 2 fully saturated rings. The summed E-state index contributed by atoms with van der Waals surface area (Å²) >= 11 is 0. The molecule has 0 aromatic heterocycles. The molecule has 1 aromatic rings. The number of rotatable bonds is 3. The van der Waals surface area contributed by atoms with E-state index in [-0.39, 0.29) is 16.3 Å². The minimum Gasteiger partial charge on any atom is -0.497 e. The van der Waals surface area contributed by atoms with Crippen LogP contribution in [0.15, 0.2) is 18.2 Å². The fraction of sp³-hybridized carbons (Fsp3) is 0.625. The Hall–Kier alpha value is -0.940. The lowest BCUT2D eigenvalue weighted by Crippen LogP contribution is -2.50. The predicted molar refractivity (Wildman–Crippen MR) is 80.4 cm³/mol. The van der Waals surface area contributed by atoms with Crippen LogP contribution in [0.25, 0.3) is 0 Å². The van der Waals surface area contributed by atoms with Gasteiger partial charge in [-0.05, 0) is 43.4 Å². The summed E-state index contributed by atoms with van der Waals surface area (Å²) in [6.07, 6.45) is 4.45. The highest BCUT2D eigenvalue weighted by Gasteiger charge is 2.45. The molecule has 21 heavy (non-hydrogen) atoms. The standard InChI is InChI=1S/C16H21FO3S/c1-20-13-6-11(5-12(17)7-13)8-16(18)9-14-3-2-4-15(10-16)21(14)19/h5-7,14-15,18H,2-4,8-10H2,1H3. The van der Waals surface area contributed by atoms with Crippen molar-refractivity contribution in [2.45, 2.75) is 54.6 Å². The number of methoxy groups -OCH3 is 1. The number of hydrogen-bond donors (Lipinski definition) is 1. The summed E-state index contributed by atoms with van der Waals surface area (Å²) < 4.78 is 30.9. The van der Waals surface area contributed by atoms with Gasteiger partial charge in [-0.2, -0.15) is 0 Å². The Morgan fingerprint density at radius 2 is 2.00 bits per heavy atom. The number of fused-ring (bicyclic) bond motifs is 2. The summed E-state index contributed by atoms with van der Waals surface area (Å²) in [6.45, 7) is 0. The predicted octanol–water partition coefficient (Wildman–Crippen LogP) is 2.57. The molecule has 2 aliphatic rings. The first-order valence-corrected chi connectivity index (χ1v) is 8.72. The maximum absolute atomic E-state index is 13.6. The Morgan fingerprint density at radius 1 is 1.33 bits per heavy atom. The molecule has 2 heterocycles. The van der Waals surface area contributed by atoms with E-state index in [9.17, 15) is 13.7 Å². The zero-order valence-corrected chi connectivity index (χ0v) is 13.0. The van der Waals surface area contributed by atoms with E-state index < -0.39 is 16.4 Å². The molecule has 2 aliphatic heterocycles. The average Bonchev–Trinajstić information content (AvgIpc) is 2.40.